The van der Waals surface area contributed by atoms with E-state index >= 15 is 0 Å². The highest BCUT2D eigenvalue weighted by Gasteiger charge is 2.39. The first kappa shape index (κ1) is 14.4. The first-order valence-corrected chi connectivity index (χ1v) is 8.59. The SMILES string of the molecule is CC1CN(C(=O)c2c(Cl)c3ccccc3n2C)S(=O)(=O)C1. The Labute approximate surface area is 128 Å². The summed E-state index contributed by atoms with van der Waals surface area (Å²) in [6.07, 6.45) is 0. The highest BCUT2D eigenvalue weighted by Crippen LogP contribution is 2.32. The van der Waals surface area contributed by atoms with Crippen molar-refractivity contribution in [3.63, 3.8) is 0 Å². The summed E-state index contributed by atoms with van der Waals surface area (Å²) < 4.78 is 26.7. The van der Waals surface area contributed by atoms with Crippen molar-refractivity contribution in [3.05, 3.63) is 35.0 Å². The van der Waals surface area contributed by atoms with E-state index in [4.69, 9.17) is 11.6 Å². The number of hydrogen-bond acceptors (Lipinski definition) is 3. The molecule has 7 heteroatoms. The normalized spacial score (nSPS) is 21.1. The third kappa shape index (κ3) is 2.13. The molecule has 0 radical (unpaired) electrons. The van der Waals surface area contributed by atoms with Crippen LogP contribution in [0.4, 0.5) is 0 Å². The molecule has 1 atom stereocenters. The Morgan fingerprint density at radius 2 is 2.00 bits per heavy atom. The van der Waals surface area contributed by atoms with E-state index < -0.39 is 15.9 Å². The van der Waals surface area contributed by atoms with Crippen molar-refractivity contribution in [1.82, 2.24) is 8.87 Å². The van der Waals surface area contributed by atoms with Gasteiger partial charge in [-0.05, 0) is 12.0 Å². The second-order valence-corrected chi connectivity index (χ2v) is 7.77. The number of sulfonamides is 1. The standard InChI is InChI=1S/C14H15ClN2O3S/c1-9-7-17(21(19,20)8-9)14(18)13-12(15)10-5-3-4-6-11(10)16(13)2/h3-6,9H,7-8H2,1-2H3. The van der Waals surface area contributed by atoms with Crippen LogP contribution in [0, 0.1) is 5.92 Å². The van der Waals surface area contributed by atoms with E-state index in [1.54, 1.807) is 11.6 Å². The lowest BCUT2D eigenvalue weighted by atomic mass is 10.2. The van der Waals surface area contributed by atoms with E-state index in [-0.39, 0.29) is 23.9 Å². The van der Waals surface area contributed by atoms with Gasteiger partial charge in [-0.2, -0.15) is 0 Å². The number of hydrogen-bond donors (Lipinski definition) is 0. The third-order valence-electron chi connectivity index (χ3n) is 3.78. The first-order chi connectivity index (χ1) is 9.83. The van der Waals surface area contributed by atoms with Gasteiger partial charge in [0, 0.05) is 24.5 Å². The molecule has 1 aromatic carbocycles. The van der Waals surface area contributed by atoms with Gasteiger partial charge in [-0.25, -0.2) is 12.7 Å². The van der Waals surface area contributed by atoms with Crippen molar-refractivity contribution < 1.29 is 13.2 Å². The monoisotopic (exact) mass is 326 g/mol. The molecule has 2 aromatic rings. The molecular formula is C14H15ClN2O3S. The fourth-order valence-corrected chi connectivity index (χ4v) is 5.00. The minimum atomic E-state index is -3.54. The molecular weight excluding hydrogens is 312 g/mol. The fourth-order valence-electron chi connectivity index (χ4n) is 2.81. The van der Waals surface area contributed by atoms with Crippen molar-refractivity contribution in [2.24, 2.45) is 13.0 Å². The van der Waals surface area contributed by atoms with Crippen molar-refractivity contribution in [2.45, 2.75) is 6.92 Å². The third-order valence-corrected chi connectivity index (χ3v) is 6.14. The van der Waals surface area contributed by atoms with Gasteiger partial charge in [0.15, 0.2) is 0 Å². The quantitative estimate of drug-likeness (QED) is 0.807. The van der Waals surface area contributed by atoms with Gasteiger partial charge in [0.25, 0.3) is 5.91 Å². The van der Waals surface area contributed by atoms with E-state index in [0.717, 1.165) is 15.2 Å². The number of para-hydroxylation sites is 1. The van der Waals surface area contributed by atoms with Crippen LogP contribution >= 0.6 is 11.6 Å². The Hall–Kier alpha value is -1.53. The van der Waals surface area contributed by atoms with E-state index in [1.165, 1.54) is 0 Å². The van der Waals surface area contributed by atoms with Gasteiger partial charge in [-0.15, -0.1) is 0 Å². The Morgan fingerprint density at radius 1 is 1.33 bits per heavy atom. The van der Waals surface area contributed by atoms with Crippen LogP contribution in [-0.2, 0) is 17.1 Å². The van der Waals surface area contributed by atoms with Crippen LogP contribution in [0.15, 0.2) is 24.3 Å². The van der Waals surface area contributed by atoms with Gasteiger partial charge in [0.2, 0.25) is 10.0 Å². The summed E-state index contributed by atoms with van der Waals surface area (Å²) in [5.41, 5.74) is 1.02. The topological polar surface area (TPSA) is 59.4 Å². The molecule has 1 aliphatic rings. The molecule has 3 rings (SSSR count). The average Bonchev–Trinajstić information content (AvgIpc) is 2.84. The van der Waals surface area contributed by atoms with Crippen molar-refractivity contribution in [2.75, 3.05) is 12.3 Å². The molecule has 0 saturated carbocycles. The summed E-state index contributed by atoms with van der Waals surface area (Å²) in [6, 6.07) is 7.34. The molecule has 1 aromatic heterocycles. The smallest absolute Gasteiger partial charge is 0.285 e. The van der Waals surface area contributed by atoms with Gasteiger partial charge in [0.1, 0.15) is 5.69 Å². The number of rotatable bonds is 1. The summed E-state index contributed by atoms with van der Waals surface area (Å²) in [4.78, 5) is 12.7. The van der Waals surface area contributed by atoms with Gasteiger partial charge < -0.3 is 4.57 Å². The largest absolute Gasteiger partial charge is 0.338 e. The van der Waals surface area contributed by atoms with Crippen molar-refractivity contribution in [3.8, 4) is 0 Å². The number of carbonyl (C=O) groups is 1. The summed E-state index contributed by atoms with van der Waals surface area (Å²) in [7, 11) is -1.83. The summed E-state index contributed by atoms with van der Waals surface area (Å²) >= 11 is 6.30. The first-order valence-electron chi connectivity index (χ1n) is 6.60. The number of nitrogens with zero attached hydrogens (tertiary/aromatic N) is 2. The summed E-state index contributed by atoms with van der Waals surface area (Å²) in [5, 5.41) is 1.04. The Balaban J connectivity index is 2.15. The fraction of sp³-hybridized carbons (Fsp3) is 0.357. The molecule has 1 saturated heterocycles. The molecule has 5 nitrogen and oxygen atoms in total. The highest BCUT2D eigenvalue weighted by atomic mass is 35.5. The Bertz CT molecular complexity index is 802. The predicted octanol–water partition coefficient (Wildman–Crippen LogP) is 2.25. The lowest BCUT2D eigenvalue weighted by molar-refractivity contribution is 0.0855. The number of carbonyl (C=O) groups excluding carboxylic acids is 1. The molecule has 21 heavy (non-hydrogen) atoms. The molecule has 1 aliphatic heterocycles. The van der Waals surface area contributed by atoms with E-state index in [9.17, 15) is 13.2 Å². The molecule has 2 heterocycles. The zero-order valence-electron chi connectivity index (χ0n) is 11.7. The van der Waals surface area contributed by atoms with Crippen molar-refractivity contribution in [1.29, 1.82) is 0 Å². The number of amides is 1. The molecule has 0 spiro atoms. The van der Waals surface area contributed by atoms with Crippen LogP contribution in [0.2, 0.25) is 5.02 Å². The number of halogens is 1. The zero-order valence-corrected chi connectivity index (χ0v) is 13.3. The molecule has 0 N–H and O–H groups in total. The number of fused-ring (bicyclic) bond motifs is 1. The second kappa shape index (κ2) is 4.74. The van der Waals surface area contributed by atoms with Crippen LogP contribution in [0.1, 0.15) is 17.4 Å². The van der Waals surface area contributed by atoms with E-state index in [1.807, 2.05) is 31.2 Å². The van der Waals surface area contributed by atoms with E-state index in [0.29, 0.717) is 5.02 Å². The van der Waals surface area contributed by atoms with Gasteiger partial charge >= 0.3 is 0 Å². The molecule has 1 fully saturated rings. The Morgan fingerprint density at radius 3 is 2.57 bits per heavy atom. The van der Waals surface area contributed by atoms with Crippen LogP contribution < -0.4 is 0 Å². The van der Waals surface area contributed by atoms with Crippen LogP contribution in [0.3, 0.4) is 0 Å². The van der Waals surface area contributed by atoms with Crippen LogP contribution in [0.5, 0.6) is 0 Å². The average molecular weight is 327 g/mol. The van der Waals surface area contributed by atoms with Gasteiger partial charge in [-0.3, -0.25) is 4.79 Å². The lowest BCUT2D eigenvalue weighted by Crippen LogP contribution is -2.34. The molecule has 1 unspecified atom stereocenters. The van der Waals surface area contributed by atoms with Gasteiger partial charge in [-0.1, -0.05) is 36.7 Å². The Kier molecular flexibility index (Phi) is 3.26. The maximum Gasteiger partial charge on any atom is 0.285 e. The molecule has 0 aliphatic carbocycles. The molecule has 1 amide bonds. The molecule has 112 valence electrons. The second-order valence-electron chi connectivity index (χ2n) is 5.46. The van der Waals surface area contributed by atoms with Gasteiger partial charge in [0.05, 0.1) is 10.8 Å². The highest BCUT2D eigenvalue weighted by molar-refractivity contribution is 7.89. The van der Waals surface area contributed by atoms with E-state index in [2.05, 4.69) is 0 Å². The summed E-state index contributed by atoms with van der Waals surface area (Å²) in [5.74, 6) is -0.615. The number of aromatic nitrogens is 1. The number of benzene rings is 1. The maximum absolute atomic E-state index is 12.7. The number of aryl methyl sites for hydroxylation is 1. The van der Waals surface area contributed by atoms with Crippen molar-refractivity contribution >= 4 is 38.4 Å². The minimum Gasteiger partial charge on any atom is -0.338 e. The predicted molar refractivity (Wildman–Crippen MR) is 81.9 cm³/mol. The lowest BCUT2D eigenvalue weighted by Gasteiger charge is -2.15. The maximum atomic E-state index is 12.7. The molecule has 0 bridgehead atoms. The summed E-state index contributed by atoms with van der Waals surface area (Å²) in [6.45, 7) is 2.02. The minimum absolute atomic E-state index is 0.000299. The zero-order chi connectivity index (χ0) is 15.4. The van der Waals surface area contributed by atoms with Crippen LogP contribution in [-0.4, -0.2) is 35.5 Å². The van der Waals surface area contributed by atoms with Crippen LogP contribution in [0.25, 0.3) is 10.9 Å².